The van der Waals surface area contributed by atoms with Gasteiger partial charge in [0.1, 0.15) is 5.75 Å². The predicted octanol–water partition coefficient (Wildman–Crippen LogP) is 2.24. The predicted molar refractivity (Wildman–Crippen MR) is 58.3 cm³/mol. The van der Waals surface area contributed by atoms with Crippen LogP contribution in [0.15, 0.2) is 49.4 Å². The van der Waals surface area contributed by atoms with E-state index in [1.807, 2.05) is 6.07 Å². The summed E-state index contributed by atoms with van der Waals surface area (Å²) in [5.74, 6) is 0.220. The summed E-state index contributed by atoms with van der Waals surface area (Å²) in [5.41, 5.74) is 2.30. The maximum atomic E-state index is 9.33. The molecule has 0 atom stereocenters. The highest BCUT2D eigenvalue weighted by Gasteiger charge is 2.03. The number of nitrogens with zero attached hydrogens (tertiary/aromatic N) is 2. The van der Waals surface area contributed by atoms with Gasteiger partial charge in [0, 0.05) is 18.0 Å². The molecule has 1 aromatic heterocycles. The zero-order valence-electron chi connectivity index (χ0n) is 8.09. The van der Waals surface area contributed by atoms with Crippen LogP contribution in [0.1, 0.15) is 11.3 Å². The van der Waals surface area contributed by atoms with Gasteiger partial charge in [0.05, 0.1) is 11.9 Å². The molecule has 0 saturated heterocycles. The Morgan fingerprint density at radius 1 is 1.27 bits per heavy atom. The van der Waals surface area contributed by atoms with Crippen LogP contribution in [-0.2, 0) is 0 Å². The number of aromatic nitrogens is 2. The van der Waals surface area contributed by atoms with Gasteiger partial charge in [0.2, 0.25) is 0 Å². The van der Waals surface area contributed by atoms with Crippen molar-refractivity contribution in [2.75, 3.05) is 0 Å². The van der Waals surface area contributed by atoms with E-state index >= 15 is 0 Å². The Bertz CT molecular complexity index is 480. The van der Waals surface area contributed by atoms with Crippen molar-refractivity contribution in [3.8, 4) is 5.75 Å². The lowest BCUT2D eigenvalue weighted by Gasteiger charge is -2.04. The summed E-state index contributed by atoms with van der Waals surface area (Å²) in [6.45, 7) is 3.92. The summed E-state index contributed by atoms with van der Waals surface area (Å²) < 4.78 is 0. The van der Waals surface area contributed by atoms with Crippen LogP contribution < -0.4 is 0 Å². The van der Waals surface area contributed by atoms with Crippen LogP contribution in [0.2, 0.25) is 0 Å². The largest absolute Gasteiger partial charge is 0.508 e. The molecule has 3 nitrogen and oxygen atoms in total. The van der Waals surface area contributed by atoms with Crippen molar-refractivity contribution in [2.24, 2.45) is 0 Å². The summed E-state index contributed by atoms with van der Waals surface area (Å²) in [7, 11) is 0. The standard InChI is InChI=1S/C12H10N2O/c1-9(12-8-13-5-6-14-12)10-3-2-4-11(15)7-10/h2-8,15H,1H2. The first-order chi connectivity index (χ1) is 7.27. The highest BCUT2D eigenvalue weighted by Crippen LogP contribution is 2.21. The van der Waals surface area contributed by atoms with Crippen LogP contribution in [0.4, 0.5) is 0 Å². The normalized spacial score (nSPS) is 9.87. The Morgan fingerprint density at radius 3 is 2.80 bits per heavy atom. The summed E-state index contributed by atoms with van der Waals surface area (Å²) in [4.78, 5) is 8.11. The molecular weight excluding hydrogens is 188 g/mol. The molecule has 2 aromatic rings. The SMILES string of the molecule is C=C(c1cccc(O)c1)c1cnccn1. The number of phenols is 1. The third-order valence-electron chi connectivity index (χ3n) is 2.07. The lowest BCUT2D eigenvalue weighted by Crippen LogP contribution is -1.90. The molecule has 3 heteroatoms. The van der Waals surface area contributed by atoms with Gasteiger partial charge in [-0.2, -0.15) is 0 Å². The molecule has 1 heterocycles. The molecule has 0 unspecified atom stereocenters. The molecule has 0 aliphatic heterocycles. The molecule has 0 bridgehead atoms. The van der Waals surface area contributed by atoms with E-state index in [0.717, 1.165) is 11.1 Å². The maximum absolute atomic E-state index is 9.33. The van der Waals surface area contributed by atoms with E-state index in [2.05, 4.69) is 16.5 Å². The fraction of sp³-hybridized carbons (Fsp3) is 0. The third-order valence-corrected chi connectivity index (χ3v) is 2.07. The molecule has 1 aromatic carbocycles. The summed E-state index contributed by atoms with van der Waals surface area (Å²) >= 11 is 0. The van der Waals surface area contributed by atoms with Crippen molar-refractivity contribution in [1.29, 1.82) is 0 Å². The molecule has 74 valence electrons. The van der Waals surface area contributed by atoms with Crippen LogP contribution in [0.5, 0.6) is 5.75 Å². The Hall–Kier alpha value is -2.16. The lowest BCUT2D eigenvalue weighted by atomic mass is 10.1. The molecule has 0 aliphatic rings. The molecule has 0 saturated carbocycles. The van der Waals surface area contributed by atoms with E-state index in [1.165, 1.54) is 0 Å². The lowest BCUT2D eigenvalue weighted by molar-refractivity contribution is 0.475. The molecule has 2 rings (SSSR count). The average Bonchev–Trinajstić information content (AvgIpc) is 2.29. The highest BCUT2D eigenvalue weighted by molar-refractivity contribution is 5.76. The van der Waals surface area contributed by atoms with Crippen molar-refractivity contribution in [3.63, 3.8) is 0 Å². The minimum absolute atomic E-state index is 0.220. The van der Waals surface area contributed by atoms with Gasteiger partial charge in [-0.1, -0.05) is 18.7 Å². The van der Waals surface area contributed by atoms with Crippen molar-refractivity contribution in [1.82, 2.24) is 9.97 Å². The van der Waals surface area contributed by atoms with E-state index in [4.69, 9.17) is 0 Å². The fourth-order valence-electron chi connectivity index (χ4n) is 1.30. The van der Waals surface area contributed by atoms with E-state index in [0.29, 0.717) is 5.69 Å². The quantitative estimate of drug-likeness (QED) is 0.804. The maximum Gasteiger partial charge on any atom is 0.116 e. The minimum Gasteiger partial charge on any atom is -0.508 e. The van der Waals surface area contributed by atoms with Gasteiger partial charge >= 0.3 is 0 Å². The van der Waals surface area contributed by atoms with Gasteiger partial charge in [-0.15, -0.1) is 0 Å². The number of hydrogen-bond donors (Lipinski definition) is 1. The fourth-order valence-corrected chi connectivity index (χ4v) is 1.30. The Morgan fingerprint density at radius 2 is 2.13 bits per heavy atom. The van der Waals surface area contributed by atoms with Gasteiger partial charge in [-0.25, -0.2) is 0 Å². The molecule has 0 spiro atoms. The number of aromatic hydroxyl groups is 1. The first-order valence-corrected chi connectivity index (χ1v) is 4.52. The summed E-state index contributed by atoms with van der Waals surface area (Å²) in [6, 6.07) is 6.91. The second-order valence-electron chi connectivity index (χ2n) is 3.12. The second-order valence-corrected chi connectivity index (χ2v) is 3.12. The first-order valence-electron chi connectivity index (χ1n) is 4.52. The summed E-state index contributed by atoms with van der Waals surface area (Å²) in [5, 5.41) is 9.33. The van der Waals surface area contributed by atoms with Crippen LogP contribution in [0.25, 0.3) is 5.57 Å². The van der Waals surface area contributed by atoms with E-state index in [-0.39, 0.29) is 5.75 Å². The van der Waals surface area contributed by atoms with Crippen LogP contribution in [0.3, 0.4) is 0 Å². The number of hydrogen-bond acceptors (Lipinski definition) is 3. The van der Waals surface area contributed by atoms with Gasteiger partial charge in [-0.3, -0.25) is 9.97 Å². The van der Waals surface area contributed by atoms with Gasteiger partial charge < -0.3 is 5.11 Å². The van der Waals surface area contributed by atoms with Gasteiger partial charge in [-0.05, 0) is 17.7 Å². The van der Waals surface area contributed by atoms with E-state index < -0.39 is 0 Å². The van der Waals surface area contributed by atoms with E-state index in [1.54, 1.807) is 36.8 Å². The number of rotatable bonds is 2. The summed E-state index contributed by atoms with van der Waals surface area (Å²) in [6.07, 6.45) is 4.87. The van der Waals surface area contributed by atoms with Crippen molar-refractivity contribution >= 4 is 5.57 Å². The monoisotopic (exact) mass is 198 g/mol. The zero-order chi connectivity index (χ0) is 10.7. The minimum atomic E-state index is 0.220. The van der Waals surface area contributed by atoms with E-state index in [9.17, 15) is 5.11 Å². The van der Waals surface area contributed by atoms with Crippen LogP contribution >= 0.6 is 0 Å². The first kappa shape index (κ1) is 9.40. The van der Waals surface area contributed by atoms with Gasteiger partial charge in [0.25, 0.3) is 0 Å². The topological polar surface area (TPSA) is 46.0 Å². The Kier molecular flexibility index (Phi) is 2.46. The highest BCUT2D eigenvalue weighted by atomic mass is 16.3. The van der Waals surface area contributed by atoms with Gasteiger partial charge in [0.15, 0.2) is 0 Å². The van der Waals surface area contributed by atoms with Crippen molar-refractivity contribution in [3.05, 3.63) is 60.7 Å². The molecule has 0 amide bonds. The van der Waals surface area contributed by atoms with Crippen LogP contribution in [0, 0.1) is 0 Å². The smallest absolute Gasteiger partial charge is 0.116 e. The molecule has 15 heavy (non-hydrogen) atoms. The molecule has 0 aliphatic carbocycles. The molecule has 1 N–H and O–H groups in total. The van der Waals surface area contributed by atoms with Crippen molar-refractivity contribution < 1.29 is 5.11 Å². The second kappa shape index (κ2) is 3.92. The number of benzene rings is 1. The van der Waals surface area contributed by atoms with Crippen LogP contribution in [-0.4, -0.2) is 15.1 Å². The Labute approximate surface area is 87.8 Å². The number of phenolic OH excluding ortho intramolecular Hbond substituents is 1. The molecule has 0 radical (unpaired) electrons. The molecular formula is C12H10N2O. The van der Waals surface area contributed by atoms with Crippen molar-refractivity contribution in [2.45, 2.75) is 0 Å². The Balaban J connectivity index is 2.37. The average molecular weight is 198 g/mol. The molecule has 0 fully saturated rings. The third kappa shape index (κ3) is 2.02. The zero-order valence-corrected chi connectivity index (χ0v) is 8.09.